The van der Waals surface area contributed by atoms with Gasteiger partial charge in [-0.1, -0.05) is 78.3 Å². The molecular weight excluding hydrogens is 822 g/mol. The van der Waals surface area contributed by atoms with Crippen molar-refractivity contribution in [2.24, 2.45) is 27.1 Å². The number of hydrogen-bond donors (Lipinski definition) is 1. The van der Waals surface area contributed by atoms with Crippen molar-refractivity contribution in [3.05, 3.63) is 46.5 Å². The summed E-state index contributed by atoms with van der Waals surface area (Å²) >= 11 is 0. The molecule has 4 radical (unpaired) electrons. The van der Waals surface area contributed by atoms with Crippen LogP contribution in [0.3, 0.4) is 0 Å². The Kier molecular flexibility index (Phi) is 22.1. The average Bonchev–Trinajstić information content (AvgIpc) is 3.18. The monoisotopic (exact) mass is 905 g/mol. The van der Waals surface area contributed by atoms with E-state index in [1.54, 1.807) is 55.5 Å². The molecule has 0 aromatic heterocycles. The van der Waals surface area contributed by atoms with Gasteiger partial charge in [0.2, 0.25) is 11.8 Å². The minimum atomic E-state index is -1.49. The number of carbonyl (C=O) groups excluding carboxylic acids is 7. The smallest absolute Gasteiger partial charge is 0.319 e. The molecule has 1 aromatic carbocycles. The van der Waals surface area contributed by atoms with E-state index >= 15 is 0 Å². The van der Waals surface area contributed by atoms with E-state index < -0.39 is 55.8 Å². The van der Waals surface area contributed by atoms with Gasteiger partial charge in [0.05, 0.1) is 26.5 Å². The second kappa shape index (κ2) is 22.9. The summed E-state index contributed by atoms with van der Waals surface area (Å²) in [5.41, 5.74) is -2.96. The lowest BCUT2D eigenvalue weighted by Gasteiger charge is -2.36. The van der Waals surface area contributed by atoms with Crippen LogP contribution in [0.4, 0.5) is 0 Å². The Balaban J connectivity index is 0. The molecule has 0 unspecified atom stereocenters. The van der Waals surface area contributed by atoms with Crippen molar-refractivity contribution in [2.45, 2.75) is 175 Å². The van der Waals surface area contributed by atoms with Crippen molar-refractivity contribution in [1.82, 2.24) is 9.80 Å². The number of carbonyl (C=O) groups is 8. The molecule has 1 N–H and O–H groups in total. The third-order valence-electron chi connectivity index (χ3n) is 13.0. The number of allylic oxidation sites excluding steroid dienone is 1. The first-order valence-electron chi connectivity index (χ1n) is 22.0. The zero-order valence-electron chi connectivity index (χ0n) is 44.3. The van der Waals surface area contributed by atoms with Crippen LogP contribution in [0.5, 0.6) is 0 Å². The molecule has 1 rings (SSSR count). The highest BCUT2D eigenvalue weighted by Gasteiger charge is 2.45. The van der Waals surface area contributed by atoms with Gasteiger partial charge in [0.25, 0.3) is 0 Å². The van der Waals surface area contributed by atoms with Gasteiger partial charge in [0.15, 0.2) is 11.6 Å². The van der Waals surface area contributed by atoms with Crippen molar-refractivity contribution in [3.8, 4) is 0 Å². The Labute approximate surface area is 394 Å². The first-order valence-corrected chi connectivity index (χ1v) is 22.0. The number of ketones is 4. The number of esters is 1. The van der Waals surface area contributed by atoms with Crippen LogP contribution in [0.1, 0.15) is 169 Å². The third kappa shape index (κ3) is 16.5. The van der Waals surface area contributed by atoms with Gasteiger partial charge < -0.3 is 19.6 Å². The normalized spacial score (nSPS) is 13.1. The van der Waals surface area contributed by atoms with Gasteiger partial charge in [-0.05, 0) is 132 Å². The number of hydrogen-bond acceptors (Lipinski definition) is 9. The molecule has 0 heterocycles. The van der Waals surface area contributed by atoms with E-state index in [1.165, 1.54) is 57.0 Å². The number of rotatable bonds is 18. The fraction of sp³-hybridized carbons (Fsp3) is 0.686. The highest BCUT2D eigenvalue weighted by atomic mass is 16.6. The number of aliphatic carboxylic acids is 1. The lowest BCUT2D eigenvalue weighted by Crippen LogP contribution is -2.45. The van der Waals surface area contributed by atoms with Crippen LogP contribution >= 0.6 is 0 Å². The topological polar surface area (TPSA) is 172 Å². The van der Waals surface area contributed by atoms with E-state index in [0.29, 0.717) is 0 Å². The largest absolute Gasteiger partial charge is 0.481 e. The number of carboxylic acids is 1. The van der Waals surface area contributed by atoms with Crippen molar-refractivity contribution in [1.29, 1.82) is 0 Å². The molecule has 0 bridgehead atoms. The minimum Gasteiger partial charge on any atom is -0.481 e. The van der Waals surface area contributed by atoms with Gasteiger partial charge in [-0.15, -0.1) is 0 Å². The zero-order valence-corrected chi connectivity index (χ0v) is 44.3. The molecule has 0 saturated carbocycles. The lowest BCUT2D eigenvalue weighted by molar-refractivity contribution is -0.168. The molecule has 0 aliphatic carbocycles. The first-order chi connectivity index (χ1) is 28.8. The number of carboxylic acid groups (broad SMARTS) is 1. The van der Waals surface area contributed by atoms with Gasteiger partial charge in [-0.2, -0.15) is 0 Å². The number of benzene rings is 1. The summed E-state index contributed by atoms with van der Waals surface area (Å²) in [5, 5.41) is 8.97. The number of ether oxygens (including phenoxy) is 1. The molecule has 362 valence electrons. The highest BCUT2D eigenvalue weighted by Crippen LogP contribution is 2.38. The molecule has 1 aromatic rings. The zero-order chi connectivity index (χ0) is 52.4. The van der Waals surface area contributed by atoms with Gasteiger partial charge in [-0.3, -0.25) is 38.4 Å². The number of amides is 2. The molecule has 0 saturated heterocycles. The SMILES string of the molecule is CC(=O)C(C)(C)c1ccccc1C(C)(C)C.[B]CN(C)C(=O)C(C)(C)CC(=O)C(C)(C)C(=O)O.[B]CN(C)C(=O)C(C)(C)CC(=O)C(C)(C)C(=O)OC(C)(C)/C(C)=C(/C)C(C)(C)C(C)=O. The van der Waals surface area contributed by atoms with Crippen LogP contribution < -0.4 is 0 Å². The Morgan fingerprint density at radius 1 is 0.538 bits per heavy atom. The van der Waals surface area contributed by atoms with Crippen LogP contribution in [0, 0.1) is 27.1 Å². The number of nitrogens with zero attached hydrogens (tertiary/aromatic N) is 2. The van der Waals surface area contributed by atoms with Crippen molar-refractivity contribution >= 4 is 62.6 Å². The van der Waals surface area contributed by atoms with E-state index in [9.17, 15) is 38.4 Å². The molecule has 12 nitrogen and oxygen atoms in total. The van der Waals surface area contributed by atoms with Gasteiger partial charge >= 0.3 is 11.9 Å². The summed E-state index contributed by atoms with van der Waals surface area (Å²) in [5.74, 6) is -3.05. The molecule has 0 aliphatic rings. The summed E-state index contributed by atoms with van der Waals surface area (Å²) in [7, 11) is 14.0. The lowest BCUT2D eigenvalue weighted by atomic mass is 9.73. The van der Waals surface area contributed by atoms with Crippen LogP contribution in [0.15, 0.2) is 35.4 Å². The molecule has 0 atom stereocenters. The Hall–Kier alpha value is -4.35. The highest BCUT2D eigenvalue weighted by molar-refractivity contribution is 6.11. The van der Waals surface area contributed by atoms with Crippen LogP contribution in [0.25, 0.3) is 0 Å². The Morgan fingerprint density at radius 3 is 1.20 bits per heavy atom. The van der Waals surface area contributed by atoms with Crippen LogP contribution in [0.2, 0.25) is 0 Å². The molecular formula is C51H82B2N2O10. The summed E-state index contributed by atoms with van der Waals surface area (Å²) in [6.07, 6.45) is -0.157. The van der Waals surface area contributed by atoms with Gasteiger partial charge in [-0.25, -0.2) is 0 Å². The second-order valence-electron chi connectivity index (χ2n) is 22.2. The van der Waals surface area contributed by atoms with Crippen molar-refractivity contribution in [3.63, 3.8) is 0 Å². The standard InChI is InChI=1S/C24H40BNO5.C15H22O.C12H20BNO4/c1-15(22(6,7)17(3)27)16(2)24(10,11)31-20(30)23(8,9)18(28)13-21(4,5)19(29)26(12)14-25;1-11(16)15(5,6)13-10-8-7-9-12(13)14(2,3)4;1-11(2,9(16)14(5)7-13)6-8(15)12(3,4)10(17)18/h13-14H2,1-12H3;7-10H,1-6H3;6-7H2,1-5H3,(H,17,18)/b16-15-;;. The molecule has 65 heavy (non-hydrogen) atoms. The molecule has 0 aliphatic heterocycles. The Morgan fingerprint density at radius 2 is 0.892 bits per heavy atom. The van der Waals surface area contributed by atoms with E-state index in [0.717, 1.165) is 16.7 Å². The van der Waals surface area contributed by atoms with E-state index in [-0.39, 0.29) is 60.3 Å². The van der Waals surface area contributed by atoms with Crippen molar-refractivity contribution in [2.75, 3.05) is 27.0 Å². The molecule has 14 heteroatoms. The van der Waals surface area contributed by atoms with Crippen LogP contribution in [-0.4, -0.2) is 110 Å². The fourth-order valence-corrected chi connectivity index (χ4v) is 6.32. The maximum Gasteiger partial charge on any atom is 0.319 e. The second-order valence-corrected chi connectivity index (χ2v) is 22.2. The summed E-state index contributed by atoms with van der Waals surface area (Å²) < 4.78 is 5.78. The van der Waals surface area contributed by atoms with E-state index in [2.05, 4.69) is 32.9 Å². The van der Waals surface area contributed by atoms with E-state index in [4.69, 9.17) is 25.5 Å². The van der Waals surface area contributed by atoms with Crippen LogP contribution in [-0.2, 0) is 53.9 Å². The summed E-state index contributed by atoms with van der Waals surface area (Å²) in [6.45, 7) is 36.8. The Bertz CT molecular complexity index is 1960. The average molecular weight is 905 g/mol. The maximum absolute atomic E-state index is 13.0. The van der Waals surface area contributed by atoms with Gasteiger partial charge in [0, 0.05) is 37.8 Å². The predicted molar refractivity (Wildman–Crippen MR) is 261 cm³/mol. The third-order valence-corrected chi connectivity index (χ3v) is 13.0. The summed E-state index contributed by atoms with van der Waals surface area (Å²) in [6, 6.07) is 8.25. The quantitative estimate of drug-likeness (QED) is 0.0653. The maximum atomic E-state index is 13.0. The molecule has 2 amide bonds. The van der Waals surface area contributed by atoms with Gasteiger partial charge in [0.1, 0.15) is 28.0 Å². The first kappa shape index (κ1) is 62.7. The molecule has 0 spiro atoms. The van der Waals surface area contributed by atoms with Crippen molar-refractivity contribution < 1.29 is 48.2 Å². The predicted octanol–water partition coefficient (Wildman–Crippen LogP) is 8.37. The molecule has 0 fully saturated rings. The fourth-order valence-electron chi connectivity index (χ4n) is 6.32. The van der Waals surface area contributed by atoms with E-state index in [1.807, 2.05) is 53.7 Å². The summed E-state index contributed by atoms with van der Waals surface area (Å²) in [4.78, 5) is 99.9. The minimum absolute atomic E-state index is 0.0105. The number of Topliss-reactive ketones (excluding diaryl/α,β-unsaturated/α-hetero) is 4.